The molecule has 2 nitrogen and oxygen atoms in total. The van der Waals surface area contributed by atoms with E-state index < -0.39 is 0 Å². The Morgan fingerprint density at radius 2 is 1.93 bits per heavy atom. The summed E-state index contributed by atoms with van der Waals surface area (Å²) < 4.78 is 0. The molecule has 1 unspecified atom stereocenters. The molecule has 0 aliphatic rings. The zero-order chi connectivity index (χ0) is 11.1. The van der Waals surface area contributed by atoms with Crippen molar-refractivity contribution in [2.45, 2.75) is 53.5 Å². The summed E-state index contributed by atoms with van der Waals surface area (Å²) in [5.74, 6) is 1.28. The monoisotopic (exact) mass is 196 g/mol. The van der Waals surface area contributed by atoms with Crippen molar-refractivity contribution in [3.63, 3.8) is 0 Å². The van der Waals surface area contributed by atoms with Crippen LogP contribution in [0.2, 0.25) is 0 Å². The van der Waals surface area contributed by atoms with Gasteiger partial charge in [0.2, 0.25) is 0 Å². The van der Waals surface area contributed by atoms with Crippen LogP contribution in [0.15, 0.2) is 16.6 Å². The van der Waals surface area contributed by atoms with E-state index in [1.807, 2.05) is 6.92 Å². The molecule has 0 aromatic rings. The molecule has 0 aliphatic heterocycles. The third-order valence-corrected chi connectivity index (χ3v) is 2.14. The summed E-state index contributed by atoms with van der Waals surface area (Å²) in [5.41, 5.74) is 7.03. The van der Waals surface area contributed by atoms with Crippen LogP contribution in [0.1, 0.15) is 47.5 Å². The minimum Gasteiger partial charge on any atom is -0.388 e. The smallest absolute Gasteiger partial charge is 0.0912 e. The van der Waals surface area contributed by atoms with E-state index in [0.717, 1.165) is 0 Å². The highest BCUT2D eigenvalue weighted by Gasteiger charge is 2.04. The van der Waals surface area contributed by atoms with E-state index in [-0.39, 0.29) is 6.04 Å². The molecule has 0 aliphatic carbocycles. The first-order valence-electron chi connectivity index (χ1n) is 5.47. The Labute approximate surface area is 88.3 Å². The number of nitrogens with two attached hydrogens (primary N) is 1. The molecule has 0 aromatic carbocycles. The molecule has 0 radical (unpaired) electrons. The molecule has 0 bridgehead atoms. The summed E-state index contributed by atoms with van der Waals surface area (Å²) in [4.78, 5) is 4.30. The molecule has 0 fully saturated rings. The fourth-order valence-corrected chi connectivity index (χ4v) is 1.52. The summed E-state index contributed by atoms with van der Waals surface area (Å²) in [5, 5.41) is 0. The predicted octanol–water partition coefficient (Wildman–Crippen LogP) is 3.13. The minimum atomic E-state index is 0.212. The van der Waals surface area contributed by atoms with E-state index in [1.54, 1.807) is 0 Å². The molecule has 0 rings (SSSR count). The van der Waals surface area contributed by atoms with Crippen LogP contribution < -0.4 is 5.73 Å². The first kappa shape index (κ1) is 13.2. The number of amidine groups is 1. The van der Waals surface area contributed by atoms with Crippen molar-refractivity contribution in [3.05, 3.63) is 11.6 Å². The molecular formula is C12H24N2. The van der Waals surface area contributed by atoms with E-state index >= 15 is 0 Å². The van der Waals surface area contributed by atoms with Crippen molar-refractivity contribution in [2.75, 3.05) is 0 Å². The van der Waals surface area contributed by atoms with Gasteiger partial charge in [0.25, 0.3) is 0 Å². The summed E-state index contributed by atoms with van der Waals surface area (Å²) in [7, 11) is 0. The Morgan fingerprint density at radius 3 is 2.29 bits per heavy atom. The van der Waals surface area contributed by atoms with Crippen LogP contribution in [-0.2, 0) is 0 Å². The van der Waals surface area contributed by atoms with Gasteiger partial charge in [-0.1, -0.05) is 38.8 Å². The summed E-state index contributed by atoms with van der Waals surface area (Å²) in [6, 6.07) is 0.212. The van der Waals surface area contributed by atoms with Crippen molar-refractivity contribution >= 4 is 5.84 Å². The lowest BCUT2D eigenvalue weighted by Gasteiger charge is -2.12. The van der Waals surface area contributed by atoms with Crippen molar-refractivity contribution < 1.29 is 0 Å². The molecule has 0 aromatic heterocycles. The Kier molecular flexibility index (Phi) is 6.26. The fraction of sp³-hybridized carbons (Fsp3) is 0.750. The van der Waals surface area contributed by atoms with E-state index in [0.29, 0.717) is 11.8 Å². The van der Waals surface area contributed by atoms with Crippen LogP contribution in [0, 0.1) is 5.92 Å². The van der Waals surface area contributed by atoms with Gasteiger partial charge in [0.05, 0.1) is 11.9 Å². The zero-order valence-corrected chi connectivity index (χ0v) is 10.2. The number of aliphatic imine (C=N–C) groups is 1. The zero-order valence-electron chi connectivity index (χ0n) is 10.2. The number of hydrogen-bond donors (Lipinski definition) is 1. The van der Waals surface area contributed by atoms with Crippen molar-refractivity contribution in [2.24, 2.45) is 16.6 Å². The Morgan fingerprint density at radius 1 is 1.36 bits per heavy atom. The molecule has 0 spiro atoms. The predicted molar refractivity (Wildman–Crippen MR) is 64.6 cm³/mol. The highest BCUT2D eigenvalue weighted by molar-refractivity contribution is 5.77. The van der Waals surface area contributed by atoms with Gasteiger partial charge in [-0.15, -0.1) is 0 Å². The average molecular weight is 196 g/mol. The van der Waals surface area contributed by atoms with Gasteiger partial charge in [-0.2, -0.15) is 0 Å². The van der Waals surface area contributed by atoms with Crippen LogP contribution in [0.5, 0.6) is 0 Å². The van der Waals surface area contributed by atoms with Crippen molar-refractivity contribution in [3.8, 4) is 0 Å². The molecule has 14 heavy (non-hydrogen) atoms. The summed E-state index contributed by atoms with van der Waals surface area (Å²) in [6.45, 7) is 10.6. The van der Waals surface area contributed by atoms with Gasteiger partial charge < -0.3 is 5.73 Å². The highest BCUT2D eigenvalue weighted by Crippen LogP contribution is 2.17. The van der Waals surface area contributed by atoms with Gasteiger partial charge >= 0.3 is 0 Å². The SMILES string of the molecule is CCCC(=CC(C)N=C(C)N)C(C)C. The molecule has 0 saturated heterocycles. The van der Waals surface area contributed by atoms with E-state index in [2.05, 4.69) is 38.8 Å². The van der Waals surface area contributed by atoms with Gasteiger partial charge in [0.1, 0.15) is 0 Å². The van der Waals surface area contributed by atoms with Crippen LogP contribution in [0.4, 0.5) is 0 Å². The fourth-order valence-electron chi connectivity index (χ4n) is 1.52. The van der Waals surface area contributed by atoms with Crippen molar-refractivity contribution in [1.82, 2.24) is 0 Å². The number of rotatable bonds is 5. The molecule has 1 atom stereocenters. The summed E-state index contributed by atoms with van der Waals surface area (Å²) >= 11 is 0. The van der Waals surface area contributed by atoms with E-state index in [4.69, 9.17) is 5.73 Å². The van der Waals surface area contributed by atoms with Crippen LogP contribution in [0.25, 0.3) is 0 Å². The van der Waals surface area contributed by atoms with Crippen LogP contribution in [0.3, 0.4) is 0 Å². The van der Waals surface area contributed by atoms with Crippen LogP contribution >= 0.6 is 0 Å². The lowest BCUT2D eigenvalue weighted by atomic mass is 9.97. The lowest BCUT2D eigenvalue weighted by molar-refractivity contribution is 0.688. The first-order valence-corrected chi connectivity index (χ1v) is 5.47. The third kappa shape index (κ3) is 5.79. The molecule has 0 heterocycles. The van der Waals surface area contributed by atoms with E-state index in [1.165, 1.54) is 18.4 Å². The third-order valence-electron chi connectivity index (χ3n) is 2.14. The first-order chi connectivity index (χ1) is 6.47. The van der Waals surface area contributed by atoms with Crippen molar-refractivity contribution in [1.29, 1.82) is 0 Å². The molecular weight excluding hydrogens is 172 g/mol. The van der Waals surface area contributed by atoms with Gasteiger partial charge in [-0.05, 0) is 26.2 Å². The molecule has 0 amide bonds. The summed E-state index contributed by atoms with van der Waals surface area (Å²) in [6.07, 6.45) is 4.60. The number of nitrogens with zero attached hydrogens (tertiary/aromatic N) is 1. The molecule has 2 heteroatoms. The largest absolute Gasteiger partial charge is 0.388 e. The topological polar surface area (TPSA) is 38.4 Å². The second kappa shape index (κ2) is 6.63. The number of hydrogen-bond acceptors (Lipinski definition) is 1. The van der Waals surface area contributed by atoms with Gasteiger partial charge in [0.15, 0.2) is 0 Å². The van der Waals surface area contributed by atoms with Gasteiger partial charge in [0, 0.05) is 0 Å². The van der Waals surface area contributed by atoms with E-state index in [9.17, 15) is 0 Å². The molecule has 82 valence electrons. The minimum absolute atomic E-state index is 0.212. The molecule has 0 saturated carbocycles. The maximum atomic E-state index is 5.54. The Bertz CT molecular complexity index is 210. The quantitative estimate of drug-likeness (QED) is 0.409. The lowest BCUT2D eigenvalue weighted by Crippen LogP contribution is -2.10. The van der Waals surface area contributed by atoms with Crippen LogP contribution in [-0.4, -0.2) is 11.9 Å². The average Bonchev–Trinajstić information content (AvgIpc) is 2.01. The normalized spacial score (nSPS) is 16.1. The maximum absolute atomic E-state index is 5.54. The second-order valence-electron chi connectivity index (χ2n) is 4.16. The van der Waals surface area contributed by atoms with Gasteiger partial charge in [-0.3, -0.25) is 4.99 Å². The van der Waals surface area contributed by atoms with Gasteiger partial charge in [-0.25, -0.2) is 0 Å². The molecule has 2 N–H and O–H groups in total. The standard InChI is InChI=1S/C12H24N2/c1-6-7-12(9(2)3)8-10(4)14-11(5)13/h8-10H,6-7H2,1-5H3,(H2,13,14). The number of allylic oxidation sites excluding steroid dienone is 1. The maximum Gasteiger partial charge on any atom is 0.0912 e. The highest BCUT2D eigenvalue weighted by atomic mass is 14.9. The Hall–Kier alpha value is -0.790. The Balaban J connectivity index is 4.48. The second-order valence-corrected chi connectivity index (χ2v) is 4.16.